The summed E-state index contributed by atoms with van der Waals surface area (Å²) in [5.41, 5.74) is 3.08. The molecule has 0 aliphatic rings. The number of carbonyl (C=O) groups excluding carboxylic acids is 1. The Hall–Kier alpha value is -2.89. The van der Waals surface area contributed by atoms with Gasteiger partial charge in [-0.15, -0.1) is 0 Å². The minimum atomic E-state index is -0.0941. The molecule has 0 fully saturated rings. The van der Waals surface area contributed by atoms with Crippen molar-refractivity contribution in [3.8, 4) is 5.75 Å². The molecular weight excluding hydrogens is 448 g/mol. The predicted molar refractivity (Wildman–Crippen MR) is 150 cm³/mol. The van der Waals surface area contributed by atoms with Gasteiger partial charge in [0.05, 0.1) is 18.0 Å². The number of carbonyl (C=O) groups is 1. The van der Waals surface area contributed by atoms with Gasteiger partial charge in [-0.2, -0.15) is 10.2 Å². The molecule has 0 aromatic heterocycles. The van der Waals surface area contributed by atoms with Crippen molar-refractivity contribution < 1.29 is 9.53 Å². The first-order valence-corrected chi connectivity index (χ1v) is 13.9. The fourth-order valence-corrected chi connectivity index (χ4v) is 3.98. The zero-order chi connectivity index (χ0) is 25.7. The summed E-state index contributed by atoms with van der Waals surface area (Å²) in [5, 5.41) is 14.1. The predicted octanol–water partition coefficient (Wildman–Crippen LogP) is 8.65. The van der Waals surface area contributed by atoms with E-state index in [2.05, 4.69) is 39.9 Å². The van der Waals surface area contributed by atoms with E-state index >= 15 is 0 Å². The number of unbranched alkanes of at least 4 members (excludes halogenated alkanes) is 10. The summed E-state index contributed by atoms with van der Waals surface area (Å²) < 4.78 is 5.87. The minimum Gasteiger partial charge on any atom is -0.494 e. The Morgan fingerprint density at radius 1 is 0.722 bits per heavy atom. The molecule has 0 saturated heterocycles. The number of aryl methyl sites for hydroxylation is 1. The van der Waals surface area contributed by atoms with Crippen molar-refractivity contribution in [2.75, 3.05) is 20.2 Å². The lowest BCUT2D eigenvalue weighted by atomic mass is 10.1. The minimum absolute atomic E-state index is 0.0941. The number of nitrogens with zero attached hydrogens (tertiary/aromatic N) is 2. The van der Waals surface area contributed by atoms with E-state index in [4.69, 9.17) is 4.74 Å². The van der Waals surface area contributed by atoms with Crippen LogP contribution in [0.5, 0.6) is 5.75 Å². The van der Waals surface area contributed by atoms with Gasteiger partial charge in [0.2, 0.25) is 0 Å². The van der Waals surface area contributed by atoms with Gasteiger partial charge in [-0.1, -0.05) is 76.8 Å². The molecule has 0 aliphatic heterocycles. The highest BCUT2D eigenvalue weighted by molar-refractivity contribution is 5.73. The number of benzene rings is 2. The van der Waals surface area contributed by atoms with Gasteiger partial charge in [-0.3, -0.25) is 0 Å². The molecule has 0 heterocycles. The molecule has 2 N–H and O–H groups in total. The van der Waals surface area contributed by atoms with Crippen LogP contribution in [0.15, 0.2) is 58.8 Å². The molecule has 0 atom stereocenters. The Morgan fingerprint density at radius 2 is 1.28 bits per heavy atom. The van der Waals surface area contributed by atoms with Crippen molar-refractivity contribution in [3.05, 3.63) is 54.1 Å². The van der Waals surface area contributed by atoms with Crippen LogP contribution in [0.3, 0.4) is 0 Å². The summed E-state index contributed by atoms with van der Waals surface area (Å²) in [6.07, 6.45) is 15.8. The first kappa shape index (κ1) is 29.3. The first-order chi connectivity index (χ1) is 17.7. The maximum absolute atomic E-state index is 11.1. The van der Waals surface area contributed by atoms with Crippen molar-refractivity contribution in [3.63, 3.8) is 0 Å². The van der Waals surface area contributed by atoms with Gasteiger partial charge in [-0.05, 0) is 67.6 Å². The summed E-state index contributed by atoms with van der Waals surface area (Å²) in [6.45, 7) is 3.75. The third-order valence-electron chi connectivity index (χ3n) is 6.23. The van der Waals surface area contributed by atoms with Crippen LogP contribution in [-0.4, -0.2) is 26.2 Å². The highest BCUT2D eigenvalue weighted by Gasteiger charge is 1.99. The van der Waals surface area contributed by atoms with E-state index in [1.165, 1.54) is 69.8 Å². The Bertz CT molecular complexity index is 850. The van der Waals surface area contributed by atoms with Gasteiger partial charge in [0.25, 0.3) is 0 Å². The summed E-state index contributed by atoms with van der Waals surface area (Å²) in [4.78, 5) is 11.1. The van der Waals surface area contributed by atoms with Crippen molar-refractivity contribution in [1.29, 1.82) is 0 Å². The monoisotopic (exact) mass is 494 g/mol. The molecule has 2 amide bonds. The lowest BCUT2D eigenvalue weighted by Gasteiger charge is -2.06. The summed E-state index contributed by atoms with van der Waals surface area (Å²) in [6, 6.07) is 16.1. The molecule has 0 unspecified atom stereocenters. The number of amides is 2. The normalized spacial score (nSPS) is 11.1. The molecule has 36 heavy (non-hydrogen) atoms. The highest BCUT2D eigenvalue weighted by atomic mass is 16.5. The van der Waals surface area contributed by atoms with E-state index in [1.54, 1.807) is 7.05 Å². The number of azo groups is 1. The molecule has 0 aliphatic carbocycles. The van der Waals surface area contributed by atoms with Crippen LogP contribution in [0.4, 0.5) is 16.2 Å². The Kier molecular flexibility index (Phi) is 15.7. The highest BCUT2D eigenvalue weighted by Crippen LogP contribution is 2.22. The fraction of sp³-hybridized carbons (Fsp3) is 0.567. The van der Waals surface area contributed by atoms with Gasteiger partial charge in [0.1, 0.15) is 5.75 Å². The molecule has 198 valence electrons. The zero-order valence-electron chi connectivity index (χ0n) is 22.4. The van der Waals surface area contributed by atoms with Gasteiger partial charge in [-0.25, -0.2) is 4.79 Å². The fourth-order valence-electron chi connectivity index (χ4n) is 3.98. The third-order valence-corrected chi connectivity index (χ3v) is 6.23. The second-order valence-corrected chi connectivity index (χ2v) is 9.35. The molecule has 0 spiro atoms. The summed E-state index contributed by atoms with van der Waals surface area (Å²) >= 11 is 0. The van der Waals surface area contributed by atoms with Crippen molar-refractivity contribution in [2.24, 2.45) is 10.2 Å². The topological polar surface area (TPSA) is 75.1 Å². The molecule has 6 nitrogen and oxygen atoms in total. The second-order valence-electron chi connectivity index (χ2n) is 9.35. The average Bonchev–Trinajstić information content (AvgIpc) is 2.91. The summed E-state index contributed by atoms with van der Waals surface area (Å²) in [5.74, 6) is 0.881. The average molecular weight is 495 g/mol. The molecule has 0 bridgehead atoms. The SMILES string of the molecule is CCCCCCc1ccc(N=Nc2ccc(OCCCCCCCCCCNC(=O)NC)cc2)cc1. The first-order valence-electron chi connectivity index (χ1n) is 13.9. The van der Waals surface area contributed by atoms with Crippen molar-refractivity contribution in [1.82, 2.24) is 10.6 Å². The van der Waals surface area contributed by atoms with Crippen LogP contribution in [0, 0.1) is 0 Å². The van der Waals surface area contributed by atoms with Gasteiger partial charge < -0.3 is 15.4 Å². The van der Waals surface area contributed by atoms with E-state index in [0.717, 1.165) is 49.5 Å². The third kappa shape index (κ3) is 13.9. The Morgan fingerprint density at radius 3 is 1.89 bits per heavy atom. The van der Waals surface area contributed by atoms with Gasteiger partial charge in [0, 0.05) is 13.6 Å². The largest absolute Gasteiger partial charge is 0.494 e. The number of ether oxygens (including phenoxy) is 1. The van der Waals surface area contributed by atoms with E-state index in [9.17, 15) is 4.79 Å². The van der Waals surface area contributed by atoms with Crippen LogP contribution in [0.1, 0.15) is 89.5 Å². The van der Waals surface area contributed by atoms with Crippen LogP contribution in [-0.2, 0) is 6.42 Å². The van der Waals surface area contributed by atoms with Crippen molar-refractivity contribution in [2.45, 2.75) is 90.4 Å². The van der Waals surface area contributed by atoms with Crippen LogP contribution in [0.2, 0.25) is 0 Å². The summed E-state index contributed by atoms with van der Waals surface area (Å²) in [7, 11) is 1.64. The maximum atomic E-state index is 11.1. The lowest BCUT2D eigenvalue weighted by Crippen LogP contribution is -2.33. The van der Waals surface area contributed by atoms with E-state index < -0.39 is 0 Å². The lowest BCUT2D eigenvalue weighted by molar-refractivity contribution is 0.242. The standard InChI is InChI=1S/C30H46N4O2/c1-3-4-5-12-15-26-16-18-27(19-17-26)33-34-28-20-22-29(23-21-28)36-25-14-11-9-7-6-8-10-13-24-32-30(35)31-2/h16-23H,3-15,24-25H2,1-2H3,(H2,31,32,35). The molecule has 6 heteroatoms. The van der Waals surface area contributed by atoms with Crippen molar-refractivity contribution >= 4 is 17.4 Å². The molecule has 0 radical (unpaired) electrons. The van der Waals surface area contributed by atoms with Crippen LogP contribution >= 0.6 is 0 Å². The van der Waals surface area contributed by atoms with Crippen LogP contribution < -0.4 is 15.4 Å². The number of hydrogen-bond acceptors (Lipinski definition) is 4. The van der Waals surface area contributed by atoms with Gasteiger partial charge in [0.15, 0.2) is 0 Å². The molecular formula is C30H46N4O2. The quantitative estimate of drug-likeness (QED) is 0.151. The molecule has 2 aromatic carbocycles. The second kappa shape index (κ2) is 19.3. The molecule has 0 saturated carbocycles. The number of nitrogens with one attached hydrogen (secondary N) is 2. The Labute approximate surface area is 218 Å². The molecule has 2 aromatic rings. The smallest absolute Gasteiger partial charge is 0.314 e. The van der Waals surface area contributed by atoms with E-state index in [1.807, 2.05) is 36.4 Å². The molecule has 2 rings (SSSR count). The van der Waals surface area contributed by atoms with Crippen LogP contribution in [0.25, 0.3) is 0 Å². The zero-order valence-corrected chi connectivity index (χ0v) is 22.4. The van der Waals surface area contributed by atoms with Gasteiger partial charge >= 0.3 is 6.03 Å². The Balaban J connectivity index is 1.51. The number of urea groups is 1. The van der Waals surface area contributed by atoms with E-state index in [-0.39, 0.29) is 6.03 Å². The van der Waals surface area contributed by atoms with E-state index in [0.29, 0.717) is 0 Å². The number of hydrogen-bond donors (Lipinski definition) is 2. The number of rotatable bonds is 19. The maximum Gasteiger partial charge on any atom is 0.314 e.